The first-order valence-corrected chi connectivity index (χ1v) is 9.37. The van der Waals surface area contributed by atoms with Gasteiger partial charge in [0.2, 0.25) is 6.79 Å². The molecule has 0 unspecified atom stereocenters. The number of esters is 1. The molecule has 2 N–H and O–H groups in total. The molecule has 30 heavy (non-hydrogen) atoms. The zero-order chi connectivity index (χ0) is 20.9. The van der Waals surface area contributed by atoms with Gasteiger partial charge in [-0.25, -0.2) is 4.98 Å². The Bertz CT molecular complexity index is 1160. The fraction of sp³-hybridized carbons (Fsp3) is 0.238. The zero-order valence-corrected chi connectivity index (χ0v) is 16.0. The first-order chi connectivity index (χ1) is 14.6. The molecule has 1 amide bonds. The Hall–Kier alpha value is -3.88. The van der Waals surface area contributed by atoms with Crippen molar-refractivity contribution in [2.45, 2.75) is 19.4 Å². The van der Waals surface area contributed by atoms with Gasteiger partial charge < -0.3 is 24.5 Å². The number of benzene rings is 2. The number of rotatable bonds is 7. The molecule has 0 spiro atoms. The number of para-hydroxylation sites is 1. The number of aromatic nitrogens is 2. The summed E-state index contributed by atoms with van der Waals surface area (Å²) in [6, 6.07) is 12.3. The molecule has 0 fully saturated rings. The summed E-state index contributed by atoms with van der Waals surface area (Å²) in [5.74, 6) is 0.722. The molecule has 9 heteroatoms. The summed E-state index contributed by atoms with van der Waals surface area (Å²) < 4.78 is 15.5. The van der Waals surface area contributed by atoms with Crippen LogP contribution in [0.15, 0.2) is 47.3 Å². The average molecular weight is 409 g/mol. The Morgan fingerprint density at radius 2 is 1.97 bits per heavy atom. The largest absolute Gasteiger partial charge is 0.456 e. The summed E-state index contributed by atoms with van der Waals surface area (Å²) in [4.78, 5) is 42.8. The lowest BCUT2D eigenvalue weighted by molar-refractivity contribution is -0.148. The van der Waals surface area contributed by atoms with Gasteiger partial charge in [0.05, 0.1) is 17.3 Å². The Balaban J connectivity index is 1.22. The van der Waals surface area contributed by atoms with Crippen LogP contribution in [0.4, 0.5) is 0 Å². The molecule has 4 rings (SSSR count). The second-order valence-electron chi connectivity index (χ2n) is 6.65. The van der Waals surface area contributed by atoms with Crippen LogP contribution in [0.25, 0.3) is 10.9 Å². The van der Waals surface area contributed by atoms with Crippen LogP contribution in [-0.2, 0) is 27.3 Å². The van der Waals surface area contributed by atoms with E-state index in [-0.39, 0.29) is 38.3 Å². The summed E-state index contributed by atoms with van der Waals surface area (Å²) in [5, 5.41) is 3.16. The van der Waals surface area contributed by atoms with Crippen molar-refractivity contribution in [1.29, 1.82) is 0 Å². The van der Waals surface area contributed by atoms with Crippen molar-refractivity contribution >= 4 is 22.8 Å². The summed E-state index contributed by atoms with van der Waals surface area (Å²) >= 11 is 0. The number of nitrogens with one attached hydrogen (secondary N) is 2. The summed E-state index contributed by atoms with van der Waals surface area (Å²) in [5.41, 5.74) is 1.14. The normalized spacial score (nSPS) is 12.0. The third-order valence-electron chi connectivity index (χ3n) is 4.52. The minimum Gasteiger partial charge on any atom is -0.456 e. The number of aryl methyl sites for hydroxylation is 1. The van der Waals surface area contributed by atoms with Crippen LogP contribution in [0.5, 0.6) is 11.5 Å². The minimum atomic E-state index is -0.552. The van der Waals surface area contributed by atoms with E-state index in [9.17, 15) is 14.4 Å². The average Bonchev–Trinajstić information content (AvgIpc) is 3.23. The SMILES string of the molecule is O=C(COC(=O)CCc1nc2ccccc2c(=O)[nH]1)NCc1ccc2c(c1)OCO2. The molecule has 1 aliphatic heterocycles. The Morgan fingerprint density at radius 3 is 2.87 bits per heavy atom. The molecule has 1 aliphatic rings. The van der Waals surface area contributed by atoms with E-state index < -0.39 is 11.9 Å². The first-order valence-electron chi connectivity index (χ1n) is 9.37. The van der Waals surface area contributed by atoms with Crippen molar-refractivity contribution in [3.05, 3.63) is 64.2 Å². The van der Waals surface area contributed by atoms with Crippen molar-refractivity contribution < 1.29 is 23.8 Å². The summed E-state index contributed by atoms with van der Waals surface area (Å²) in [6.45, 7) is 0.0734. The Morgan fingerprint density at radius 1 is 1.13 bits per heavy atom. The maximum atomic E-state index is 12.0. The van der Waals surface area contributed by atoms with Gasteiger partial charge in [0.15, 0.2) is 18.1 Å². The fourth-order valence-electron chi connectivity index (χ4n) is 2.99. The number of hydrogen-bond acceptors (Lipinski definition) is 7. The maximum absolute atomic E-state index is 12.0. The highest BCUT2D eigenvalue weighted by Gasteiger charge is 2.14. The number of fused-ring (bicyclic) bond motifs is 2. The van der Waals surface area contributed by atoms with Crippen LogP contribution < -0.4 is 20.3 Å². The van der Waals surface area contributed by atoms with Crippen molar-refractivity contribution in [2.75, 3.05) is 13.4 Å². The summed E-state index contributed by atoms with van der Waals surface area (Å²) in [7, 11) is 0. The number of carbonyl (C=O) groups excluding carboxylic acids is 2. The highest BCUT2D eigenvalue weighted by molar-refractivity contribution is 5.80. The molecule has 1 aromatic heterocycles. The van der Waals surface area contributed by atoms with Crippen LogP contribution in [0.3, 0.4) is 0 Å². The van der Waals surface area contributed by atoms with Gasteiger partial charge in [-0.05, 0) is 29.8 Å². The van der Waals surface area contributed by atoms with Crippen molar-refractivity contribution in [2.24, 2.45) is 0 Å². The standard InChI is InChI=1S/C21H19N3O6/c25-19(22-10-13-5-6-16-17(9-13)30-12-29-16)11-28-20(26)8-7-18-23-15-4-2-1-3-14(15)21(27)24-18/h1-6,9H,7-8,10-12H2,(H,22,25)(H,23,24,27). The molecule has 9 nitrogen and oxygen atoms in total. The number of ether oxygens (including phenoxy) is 3. The van der Waals surface area contributed by atoms with Gasteiger partial charge in [0.1, 0.15) is 5.82 Å². The molecule has 2 aromatic carbocycles. The number of nitrogens with zero attached hydrogens (tertiary/aromatic N) is 1. The highest BCUT2D eigenvalue weighted by atomic mass is 16.7. The zero-order valence-electron chi connectivity index (χ0n) is 16.0. The van der Waals surface area contributed by atoms with Gasteiger partial charge >= 0.3 is 5.97 Å². The van der Waals surface area contributed by atoms with Crippen molar-refractivity contribution in [1.82, 2.24) is 15.3 Å². The smallest absolute Gasteiger partial charge is 0.306 e. The highest BCUT2D eigenvalue weighted by Crippen LogP contribution is 2.32. The van der Waals surface area contributed by atoms with Crippen LogP contribution >= 0.6 is 0 Å². The lowest BCUT2D eigenvalue weighted by Crippen LogP contribution is -2.28. The van der Waals surface area contributed by atoms with E-state index in [1.54, 1.807) is 36.4 Å². The van der Waals surface area contributed by atoms with Crippen molar-refractivity contribution in [3.8, 4) is 11.5 Å². The maximum Gasteiger partial charge on any atom is 0.306 e. The molecule has 0 saturated carbocycles. The second-order valence-corrected chi connectivity index (χ2v) is 6.65. The Labute approximate surface area is 171 Å². The molecule has 154 valence electrons. The molecule has 0 saturated heterocycles. The number of H-pyrrole nitrogens is 1. The van der Waals surface area contributed by atoms with Gasteiger partial charge in [0, 0.05) is 13.0 Å². The van der Waals surface area contributed by atoms with E-state index >= 15 is 0 Å². The van der Waals surface area contributed by atoms with E-state index in [0.717, 1.165) is 5.56 Å². The van der Waals surface area contributed by atoms with Gasteiger partial charge in [-0.3, -0.25) is 14.4 Å². The second kappa shape index (κ2) is 8.64. The number of hydrogen-bond donors (Lipinski definition) is 2. The van der Waals surface area contributed by atoms with Crippen molar-refractivity contribution in [3.63, 3.8) is 0 Å². The third kappa shape index (κ3) is 4.57. The molecule has 0 bridgehead atoms. The third-order valence-corrected chi connectivity index (χ3v) is 4.52. The quantitative estimate of drug-likeness (QED) is 0.567. The number of aromatic amines is 1. The monoisotopic (exact) mass is 409 g/mol. The molecule has 0 radical (unpaired) electrons. The van der Waals surface area contributed by atoms with E-state index in [0.29, 0.717) is 28.2 Å². The molecular weight excluding hydrogens is 390 g/mol. The fourth-order valence-corrected chi connectivity index (χ4v) is 2.99. The van der Waals surface area contributed by atoms with E-state index in [2.05, 4.69) is 15.3 Å². The molecule has 0 aliphatic carbocycles. The topological polar surface area (TPSA) is 120 Å². The lowest BCUT2D eigenvalue weighted by atomic mass is 10.2. The van der Waals surface area contributed by atoms with Crippen LogP contribution in [0.1, 0.15) is 17.8 Å². The van der Waals surface area contributed by atoms with Crippen LogP contribution in [0, 0.1) is 0 Å². The van der Waals surface area contributed by atoms with Gasteiger partial charge in [-0.1, -0.05) is 18.2 Å². The summed E-state index contributed by atoms with van der Waals surface area (Å²) in [6.07, 6.45) is 0.203. The van der Waals surface area contributed by atoms with Gasteiger partial charge in [0.25, 0.3) is 11.5 Å². The predicted octanol–water partition coefficient (Wildman–Crippen LogP) is 1.44. The molecule has 2 heterocycles. The van der Waals surface area contributed by atoms with E-state index in [4.69, 9.17) is 14.2 Å². The first kappa shape index (κ1) is 19.4. The molecular formula is C21H19N3O6. The number of carbonyl (C=O) groups is 2. The predicted molar refractivity (Wildman–Crippen MR) is 106 cm³/mol. The van der Waals surface area contributed by atoms with E-state index in [1.807, 2.05) is 6.07 Å². The van der Waals surface area contributed by atoms with Crippen LogP contribution in [0.2, 0.25) is 0 Å². The van der Waals surface area contributed by atoms with Gasteiger partial charge in [-0.2, -0.15) is 0 Å². The van der Waals surface area contributed by atoms with Gasteiger partial charge in [-0.15, -0.1) is 0 Å². The lowest BCUT2D eigenvalue weighted by Gasteiger charge is -2.07. The molecule has 0 atom stereocenters. The molecule has 3 aromatic rings. The minimum absolute atomic E-state index is 0.00325. The Kier molecular flexibility index (Phi) is 5.60. The van der Waals surface area contributed by atoms with E-state index in [1.165, 1.54) is 0 Å². The number of amides is 1. The van der Waals surface area contributed by atoms with Crippen LogP contribution in [-0.4, -0.2) is 35.2 Å².